The van der Waals surface area contributed by atoms with Crippen LogP contribution in [0.1, 0.15) is 13.3 Å². The van der Waals surface area contributed by atoms with Crippen molar-refractivity contribution in [2.24, 2.45) is 5.92 Å². The highest BCUT2D eigenvalue weighted by Crippen LogP contribution is 2.26. The smallest absolute Gasteiger partial charge is 0.121 e. The summed E-state index contributed by atoms with van der Waals surface area (Å²) in [7, 11) is 1.64. The van der Waals surface area contributed by atoms with Crippen LogP contribution in [-0.4, -0.2) is 26.4 Å². The van der Waals surface area contributed by atoms with Gasteiger partial charge in [0.1, 0.15) is 5.75 Å². The van der Waals surface area contributed by atoms with Crippen LogP contribution in [0.5, 0.6) is 5.75 Å². The van der Waals surface area contributed by atoms with Gasteiger partial charge in [0.25, 0.3) is 0 Å². The minimum atomic E-state index is 0.335. The molecule has 17 heavy (non-hydrogen) atoms. The van der Waals surface area contributed by atoms with Gasteiger partial charge in [0.05, 0.1) is 24.6 Å². The average Bonchev–Trinajstić information content (AvgIpc) is 2.73. The second kappa shape index (κ2) is 5.27. The molecule has 0 aliphatic carbocycles. The summed E-state index contributed by atoms with van der Waals surface area (Å²) >= 11 is 0. The Labute approximate surface area is 102 Å². The molecule has 0 saturated carbocycles. The first-order valence-corrected chi connectivity index (χ1v) is 5.99. The molecule has 4 nitrogen and oxygen atoms in total. The third-order valence-electron chi connectivity index (χ3n) is 3.35. The number of nitrogens with one attached hydrogen (secondary N) is 1. The van der Waals surface area contributed by atoms with E-state index >= 15 is 0 Å². The number of rotatable bonds is 4. The Hall–Kier alpha value is -1.42. The summed E-state index contributed by atoms with van der Waals surface area (Å²) in [4.78, 5) is 0. The predicted octanol–water partition coefficient (Wildman–Crippen LogP) is 2.11. The zero-order chi connectivity index (χ0) is 12.3. The first-order chi connectivity index (χ1) is 8.20. The van der Waals surface area contributed by atoms with E-state index in [1.54, 1.807) is 7.11 Å². The van der Waals surface area contributed by atoms with Gasteiger partial charge in [0.15, 0.2) is 0 Å². The van der Waals surface area contributed by atoms with Gasteiger partial charge in [-0.15, -0.1) is 0 Å². The Morgan fingerprint density at radius 1 is 1.53 bits per heavy atom. The molecule has 0 aromatic heterocycles. The number of ether oxygens (including phenoxy) is 2. The lowest BCUT2D eigenvalue weighted by Crippen LogP contribution is -2.21. The number of hydrogen-bond acceptors (Lipinski definition) is 4. The van der Waals surface area contributed by atoms with E-state index in [4.69, 9.17) is 15.2 Å². The lowest BCUT2D eigenvalue weighted by Gasteiger charge is -2.17. The van der Waals surface area contributed by atoms with Gasteiger partial charge in [-0.3, -0.25) is 0 Å². The van der Waals surface area contributed by atoms with Gasteiger partial charge in [-0.1, -0.05) is 0 Å². The molecular formula is C13H20N2O2. The number of hydrogen-bond donors (Lipinski definition) is 2. The van der Waals surface area contributed by atoms with Gasteiger partial charge in [-0.25, -0.2) is 0 Å². The normalized spacial score (nSPS) is 23.6. The number of nitrogens with two attached hydrogens (primary N) is 1. The summed E-state index contributed by atoms with van der Waals surface area (Å²) in [6.45, 7) is 3.89. The molecule has 4 heteroatoms. The number of benzene rings is 1. The van der Waals surface area contributed by atoms with Gasteiger partial charge in [0.2, 0.25) is 0 Å². The fraction of sp³-hybridized carbons (Fsp3) is 0.538. The quantitative estimate of drug-likeness (QED) is 0.786. The molecule has 1 aromatic rings. The van der Waals surface area contributed by atoms with E-state index in [1.165, 1.54) is 0 Å². The van der Waals surface area contributed by atoms with Crippen LogP contribution in [0.15, 0.2) is 18.2 Å². The second-order valence-electron chi connectivity index (χ2n) is 4.46. The van der Waals surface area contributed by atoms with Crippen LogP contribution in [0.2, 0.25) is 0 Å². The van der Waals surface area contributed by atoms with Crippen molar-refractivity contribution in [3.63, 3.8) is 0 Å². The van der Waals surface area contributed by atoms with Crippen molar-refractivity contribution in [2.45, 2.75) is 19.4 Å². The monoisotopic (exact) mass is 236 g/mol. The highest BCUT2D eigenvalue weighted by atomic mass is 16.5. The molecule has 0 spiro atoms. The van der Waals surface area contributed by atoms with Crippen molar-refractivity contribution < 1.29 is 9.47 Å². The molecule has 0 amide bonds. The number of anilines is 2. The van der Waals surface area contributed by atoms with Crippen molar-refractivity contribution in [2.75, 3.05) is 31.3 Å². The fourth-order valence-electron chi connectivity index (χ4n) is 2.11. The Morgan fingerprint density at radius 3 is 2.94 bits per heavy atom. The molecule has 1 heterocycles. The van der Waals surface area contributed by atoms with E-state index in [9.17, 15) is 0 Å². The maximum Gasteiger partial charge on any atom is 0.121 e. The molecule has 0 bridgehead atoms. The first-order valence-electron chi connectivity index (χ1n) is 5.99. The summed E-state index contributed by atoms with van der Waals surface area (Å²) < 4.78 is 10.6. The summed E-state index contributed by atoms with van der Waals surface area (Å²) in [5, 5.41) is 3.38. The molecule has 1 aromatic carbocycles. The SMILES string of the molecule is COc1ccc(NCC2CCOC2C)c(N)c1. The van der Waals surface area contributed by atoms with Crippen molar-refractivity contribution in [1.29, 1.82) is 0 Å². The minimum Gasteiger partial charge on any atom is -0.497 e. The van der Waals surface area contributed by atoms with Gasteiger partial charge in [-0.05, 0) is 25.5 Å². The van der Waals surface area contributed by atoms with E-state index in [-0.39, 0.29) is 0 Å². The van der Waals surface area contributed by atoms with E-state index in [0.717, 1.165) is 36.7 Å². The van der Waals surface area contributed by atoms with Crippen LogP contribution >= 0.6 is 0 Å². The van der Waals surface area contributed by atoms with Gasteiger partial charge in [-0.2, -0.15) is 0 Å². The third-order valence-corrected chi connectivity index (χ3v) is 3.35. The third kappa shape index (κ3) is 2.82. The molecule has 94 valence electrons. The van der Waals surface area contributed by atoms with E-state index in [2.05, 4.69) is 12.2 Å². The fourth-order valence-corrected chi connectivity index (χ4v) is 2.11. The molecule has 3 N–H and O–H groups in total. The molecule has 2 atom stereocenters. The Bertz CT molecular complexity index is 382. The summed E-state index contributed by atoms with van der Waals surface area (Å²) in [5.74, 6) is 1.35. The first kappa shape index (κ1) is 12.0. The lowest BCUT2D eigenvalue weighted by atomic mass is 10.0. The standard InChI is InChI=1S/C13H20N2O2/c1-9-10(5-6-17-9)8-15-13-4-3-11(16-2)7-12(13)14/h3-4,7,9-10,15H,5-6,8,14H2,1-2H3. The maximum atomic E-state index is 5.94. The zero-order valence-electron chi connectivity index (χ0n) is 10.4. The van der Waals surface area contributed by atoms with E-state index in [0.29, 0.717) is 12.0 Å². The number of nitrogen functional groups attached to an aromatic ring is 1. The molecular weight excluding hydrogens is 216 g/mol. The summed E-state index contributed by atoms with van der Waals surface area (Å²) in [5.41, 5.74) is 7.62. The largest absolute Gasteiger partial charge is 0.497 e. The van der Waals surface area contributed by atoms with Crippen LogP contribution < -0.4 is 15.8 Å². The van der Waals surface area contributed by atoms with Crippen molar-refractivity contribution in [3.05, 3.63) is 18.2 Å². The van der Waals surface area contributed by atoms with E-state index in [1.807, 2.05) is 18.2 Å². The van der Waals surface area contributed by atoms with Gasteiger partial charge in [0, 0.05) is 25.1 Å². The molecule has 2 unspecified atom stereocenters. The minimum absolute atomic E-state index is 0.335. The van der Waals surface area contributed by atoms with E-state index < -0.39 is 0 Å². The van der Waals surface area contributed by atoms with Crippen molar-refractivity contribution in [3.8, 4) is 5.75 Å². The Morgan fingerprint density at radius 2 is 2.35 bits per heavy atom. The van der Waals surface area contributed by atoms with Crippen LogP contribution in [0.25, 0.3) is 0 Å². The Kier molecular flexibility index (Phi) is 3.74. The van der Waals surface area contributed by atoms with Gasteiger partial charge >= 0.3 is 0 Å². The van der Waals surface area contributed by atoms with Crippen molar-refractivity contribution >= 4 is 11.4 Å². The lowest BCUT2D eigenvalue weighted by molar-refractivity contribution is 0.108. The molecule has 1 aliphatic rings. The predicted molar refractivity (Wildman–Crippen MR) is 69.4 cm³/mol. The average molecular weight is 236 g/mol. The topological polar surface area (TPSA) is 56.5 Å². The molecule has 1 saturated heterocycles. The number of methoxy groups -OCH3 is 1. The van der Waals surface area contributed by atoms with Crippen LogP contribution in [0.4, 0.5) is 11.4 Å². The molecule has 1 aliphatic heterocycles. The van der Waals surface area contributed by atoms with Crippen LogP contribution in [-0.2, 0) is 4.74 Å². The van der Waals surface area contributed by atoms with Gasteiger partial charge < -0.3 is 20.5 Å². The molecule has 0 radical (unpaired) electrons. The maximum absolute atomic E-state index is 5.94. The highest BCUT2D eigenvalue weighted by molar-refractivity contribution is 5.68. The second-order valence-corrected chi connectivity index (χ2v) is 4.46. The summed E-state index contributed by atoms with van der Waals surface area (Å²) in [6.07, 6.45) is 1.45. The van der Waals surface area contributed by atoms with Crippen LogP contribution in [0.3, 0.4) is 0 Å². The Balaban J connectivity index is 1.94. The highest BCUT2D eigenvalue weighted by Gasteiger charge is 2.23. The zero-order valence-corrected chi connectivity index (χ0v) is 10.4. The summed E-state index contributed by atoms with van der Waals surface area (Å²) in [6, 6.07) is 5.69. The molecule has 1 fully saturated rings. The molecule has 2 rings (SSSR count). The van der Waals surface area contributed by atoms with Crippen molar-refractivity contribution in [1.82, 2.24) is 0 Å². The van der Waals surface area contributed by atoms with Crippen LogP contribution in [0, 0.1) is 5.92 Å².